The van der Waals surface area contributed by atoms with Crippen LogP contribution < -0.4 is 5.73 Å². The number of benzene rings is 1. The molecule has 16 heavy (non-hydrogen) atoms. The van der Waals surface area contributed by atoms with Gasteiger partial charge in [-0.25, -0.2) is 4.39 Å². The monoisotopic (exact) mass is 287 g/mol. The zero-order valence-corrected chi connectivity index (χ0v) is 10.5. The standard InChI is InChI=1S/C12H15BrFNO/c13-9-3-4-11(14)10(6-9)12(15)5-1-2-8(12)7-16/h3-4,6,8,16H,1-2,5,7,15H2/t8-,12-/m0/s1. The third-order valence-corrected chi connectivity index (χ3v) is 4.02. The van der Waals surface area contributed by atoms with Crippen LogP contribution in [0.25, 0.3) is 0 Å². The molecule has 0 heterocycles. The highest BCUT2D eigenvalue weighted by atomic mass is 79.9. The topological polar surface area (TPSA) is 46.2 Å². The highest BCUT2D eigenvalue weighted by Crippen LogP contribution is 2.42. The van der Waals surface area contributed by atoms with Crippen molar-refractivity contribution in [1.29, 1.82) is 0 Å². The number of aliphatic hydroxyl groups is 1. The Kier molecular flexibility index (Phi) is 3.33. The van der Waals surface area contributed by atoms with Gasteiger partial charge in [-0.15, -0.1) is 0 Å². The average Bonchev–Trinajstić information content (AvgIpc) is 2.64. The zero-order valence-electron chi connectivity index (χ0n) is 8.92. The van der Waals surface area contributed by atoms with Crippen LogP contribution in [0, 0.1) is 11.7 Å². The Morgan fingerprint density at radius 2 is 2.31 bits per heavy atom. The summed E-state index contributed by atoms with van der Waals surface area (Å²) in [7, 11) is 0. The van der Waals surface area contributed by atoms with E-state index in [1.807, 2.05) is 0 Å². The third kappa shape index (κ3) is 1.90. The maximum absolute atomic E-state index is 13.8. The van der Waals surface area contributed by atoms with Crippen molar-refractivity contribution in [2.75, 3.05) is 6.61 Å². The number of nitrogens with two attached hydrogens (primary N) is 1. The summed E-state index contributed by atoms with van der Waals surface area (Å²) in [5.74, 6) is -0.331. The second-order valence-electron chi connectivity index (χ2n) is 4.44. The van der Waals surface area contributed by atoms with Crippen LogP contribution in [0.2, 0.25) is 0 Å². The minimum atomic E-state index is -0.720. The van der Waals surface area contributed by atoms with Gasteiger partial charge < -0.3 is 10.8 Å². The van der Waals surface area contributed by atoms with E-state index in [4.69, 9.17) is 5.73 Å². The van der Waals surface area contributed by atoms with E-state index in [9.17, 15) is 9.50 Å². The lowest BCUT2D eigenvalue weighted by Crippen LogP contribution is -2.42. The molecule has 1 saturated carbocycles. The molecule has 3 N–H and O–H groups in total. The molecule has 0 aromatic heterocycles. The summed E-state index contributed by atoms with van der Waals surface area (Å²) in [6.45, 7) is 0.0163. The summed E-state index contributed by atoms with van der Waals surface area (Å²) in [6, 6.07) is 4.80. The number of hydrogen-bond acceptors (Lipinski definition) is 2. The molecule has 0 aliphatic heterocycles. The van der Waals surface area contributed by atoms with Crippen molar-refractivity contribution in [2.45, 2.75) is 24.8 Å². The highest BCUT2D eigenvalue weighted by molar-refractivity contribution is 9.10. The molecule has 1 aliphatic carbocycles. The Morgan fingerprint density at radius 1 is 1.56 bits per heavy atom. The Balaban J connectivity index is 2.45. The number of hydrogen-bond donors (Lipinski definition) is 2. The van der Waals surface area contributed by atoms with Crippen LogP contribution in [0.15, 0.2) is 22.7 Å². The largest absolute Gasteiger partial charge is 0.396 e. The molecule has 0 bridgehead atoms. The van der Waals surface area contributed by atoms with Gasteiger partial charge in [0.2, 0.25) is 0 Å². The summed E-state index contributed by atoms with van der Waals surface area (Å²) in [4.78, 5) is 0. The summed E-state index contributed by atoms with van der Waals surface area (Å²) in [6.07, 6.45) is 2.53. The Hall–Kier alpha value is -0.450. The molecular formula is C12H15BrFNO. The van der Waals surface area contributed by atoms with E-state index in [1.54, 1.807) is 12.1 Å². The fourth-order valence-electron chi connectivity index (χ4n) is 2.57. The molecule has 2 atom stereocenters. The molecule has 88 valence electrons. The minimum Gasteiger partial charge on any atom is -0.396 e. The lowest BCUT2D eigenvalue weighted by atomic mass is 9.81. The van der Waals surface area contributed by atoms with Crippen LogP contribution in [0.3, 0.4) is 0 Å². The second kappa shape index (κ2) is 4.43. The van der Waals surface area contributed by atoms with Crippen molar-refractivity contribution < 1.29 is 9.50 Å². The Bertz CT molecular complexity index is 399. The maximum atomic E-state index is 13.8. The lowest BCUT2D eigenvalue weighted by Gasteiger charge is -2.31. The molecule has 0 unspecified atom stereocenters. The summed E-state index contributed by atoms with van der Waals surface area (Å²) < 4.78 is 14.6. The number of rotatable bonds is 2. The van der Waals surface area contributed by atoms with Crippen LogP contribution in [0.4, 0.5) is 4.39 Å². The van der Waals surface area contributed by atoms with E-state index < -0.39 is 5.54 Å². The van der Waals surface area contributed by atoms with Crippen LogP contribution in [-0.2, 0) is 5.54 Å². The first-order chi connectivity index (χ1) is 7.58. The van der Waals surface area contributed by atoms with Gasteiger partial charge in [-0.05, 0) is 31.0 Å². The molecule has 0 radical (unpaired) electrons. The Labute approximate surface area is 103 Å². The van der Waals surface area contributed by atoms with Gasteiger partial charge in [-0.1, -0.05) is 22.4 Å². The third-order valence-electron chi connectivity index (χ3n) is 3.52. The van der Waals surface area contributed by atoms with E-state index in [0.717, 1.165) is 23.7 Å². The molecule has 4 heteroatoms. The van der Waals surface area contributed by atoms with Crippen LogP contribution >= 0.6 is 15.9 Å². The highest BCUT2D eigenvalue weighted by Gasteiger charge is 2.42. The van der Waals surface area contributed by atoms with Gasteiger partial charge >= 0.3 is 0 Å². The van der Waals surface area contributed by atoms with Crippen LogP contribution in [0.5, 0.6) is 0 Å². The molecule has 1 aromatic rings. The van der Waals surface area contributed by atoms with Crippen molar-refractivity contribution in [3.63, 3.8) is 0 Å². The van der Waals surface area contributed by atoms with Gasteiger partial charge in [-0.2, -0.15) is 0 Å². The number of halogens is 2. The molecular weight excluding hydrogens is 273 g/mol. The van der Waals surface area contributed by atoms with Gasteiger partial charge in [0.05, 0.1) is 0 Å². The first-order valence-electron chi connectivity index (χ1n) is 5.43. The molecule has 1 fully saturated rings. The fourth-order valence-corrected chi connectivity index (χ4v) is 2.93. The van der Waals surface area contributed by atoms with E-state index in [0.29, 0.717) is 5.56 Å². The quantitative estimate of drug-likeness (QED) is 0.878. The van der Waals surface area contributed by atoms with Gasteiger partial charge in [0.15, 0.2) is 0 Å². The molecule has 1 aliphatic rings. The van der Waals surface area contributed by atoms with Crippen molar-refractivity contribution in [3.8, 4) is 0 Å². The first kappa shape index (κ1) is 12.0. The SMILES string of the molecule is N[C@@]1(c2cc(Br)ccc2F)CCC[C@H]1CO. The van der Waals surface area contributed by atoms with Crippen molar-refractivity contribution in [2.24, 2.45) is 11.7 Å². The average molecular weight is 288 g/mol. The van der Waals surface area contributed by atoms with Gasteiger partial charge in [0.25, 0.3) is 0 Å². The second-order valence-corrected chi connectivity index (χ2v) is 5.35. The fraction of sp³-hybridized carbons (Fsp3) is 0.500. The normalized spacial score (nSPS) is 29.6. The summed E-state index contributed by atoms with van der Waals surface area (Å²) in [5, 5.41) is 9.31. The first-order valence-corrected chi connectivity index (χ1v) is 6.22. The van der Waals surface area contributed by atoms with E-state index in [2.05, 4.69) is 15.9 Å². The van der Waals surface area contributed by atoms with E-state index in [1.165, 1.54) is 6.07 Å². The molecule has 2 rings (SSSR count). The van der Waals surface area contributed by atoms with Crippen molar-refractivity contribution >= 4 is 15.9 Å². The molecule has 1 aromatic carbocycles. The van der Waals surface area contributed by atoms with Crippen LogP contribution in [-0.4, -0.2) is 11.7 Å². The van der Waals surface area contributed by atoms with Gasteiger partial charge in [0, 0.05) is 28.1 Å². The van der Waals surface area contributed by atoms with Gasteiger partial charge in [0.1, 0.15) is 5.82 Å². The zero-order chi connectivity index (χ0) is 11.8. The van der Waals surface area contributed by atoms with Crippen molar-refractivity contribution in [3.05, 3.63) is 34.1 Å². The number of aliphatic hydroxyl groups excluding tert-OH is 1. The molecule has 0 amide bonds. The van der Waals surface area contributed by atoms with Crippen molar-refractivity contribution in [1.82, 2.24) is 0 Å². The predicted molar refractivity (Wildman–Crippen MR) is 64.4 cm³/mol. The maximum Gasteiger partial charge on any atom is 0.128 e. The molecule has 2 nitrogen and oxygen atoms in total. The predicted octanol–water partition coefficient (Wildman–Crippen LogP) is 2.53. The molecule has 0 saturated heterocycles. The smallest absolute Gasteiger partial charge is 0.128 e. The van der Waals surface area contributed by atoms with Gasteiger partial charge in [-0.3, -0.25) is 0 Å². The minimum absolute atomic E-state index is 0.0163. The lowest BCUT2D eigenvalue weighted by molar-refractivity contribution is 0.171. The molecule has 0 spiro atoms. The van der Waals surface area contributed by atoms with E-state index >= 15 is 0 Å². The van der Waals surface area contributed by atoms with E-state index in [-0.39, 0.29) is 18.3 Å². The summed E-state index contributed by atoms with van der Waals surface area (Å²) >= 11 is 3.32. The van der Waals surface area contributed by atoms with Crippen LogP contribution in [0.1, 0.15) is 24.8 Å². The Morgan fingerprint density at radius 3 is 3.00 bits per heavy atom. The summed E-state index contributed by atoms with van der Waals surface area (Å²) in [5.41, 5.74) is 6.08.